The lowest BCUT2D eigenvalue weighted by Gasteiger charge is -2.13. The fourth-order valence-electron chi connectivity index (χ4n) is 1.28. The maximum absolute atomic E-state index is 11.5. The summed E-state index contributed by atoms with van der Waals surface area (Å²) in [4.78, 5) is 19.5. The first-order valence-corrected chi connectivity index (χ1v) is 5.61. The Morgan fingerprint density at radius 1 is 1.50 bits per heavy atom. The fraction of sp³-hybridized carbons (Fsp3) is 0.545. The first-order chi connectivity index (χ1) is 8.62. The van der Waals surface area contributed by atoms with Gasteiger partial charge in [0.2, 0.25) is 5.95 Å². The number of aryl methyl sites for hydroxylation is 1. The van der Waals surface area contributed by atoms with Crippen molar-refractivity contribution in [1.29, 1.82) is 0 Å². The highest BCUT2D eigenvalue weighted by atomic mass is 16.5. The van der Waals surface area contributed by atoms with E-state index in [1.807, 2.05) is 0 Å². The minimum absolute atomic E-state index is 0.238. The molecule has 0 radical (unpaired) electrons. The van der Waals surface area contributed by atoms with Crippen molar-refractivity contribution < 1.29 is 19.7 Å². The Morgan fingerprint density at radius 2 is 2.17 bits per heavy atom. The van der Waals surface area contributed by atoms with Gasteiger partial charge in [0.1, 0.15) is 0 Å². The minimum Gasteiger partial charge on any atom is -0.462 e. The van der Waals surface area contributed by atoms with Crippen LogP contribution in [0.5, 0.6) is 0 Å². The van der Waals surface area contributed by atoms with Gasteiger partial charge in [0, 0.05) is 6.20 Å². The van der Waals surface area contributed by atoms with Crippen LogP contribution in [-0.2, 0) is 4.74 Å². The van der Waals surface area contributed by atoms with E-state index in [1.54, 1.807) is 13.8 Å². The first-order valence-electron chi connectivity index (χ1n) is 5.61. The number of anilines is 1. The van der Waals surface area contributed by atoms with Crippen molar-refractivity contribution in [2.45, 2.75) is 19.9 Å². The molecular formula is C11H17N3O4. The van der Waals surface area contributed by atoms with Gasteiger partial charge in [0.05, 0.1) is 37.1 Å². The fourth-order valence-corrected chi connectivity index (χ4v) is 1.28. The van der Waals surface area contributed by atoms with Gasteiger partial charge in [-0.2, -0.15) is 0 Å². The molecule has 0 fully saturated rings. The van der Waals surface area contributed by atoms with Crippen molar-refractivity contribution in [1.82, 2.24) is 9.97 Å². The van der Waals surface area contributed by atoms with Crippen LogP contribution in [-0.4, -0.2) is 52.0 Å². The molecule has 1 aromatic rings. The molecule has 0 aliphatic heterocycles. The monoisotopic (exact) mass is 255 g/mol. The predicted molar refractivity (Wildman–Crippen MR) is 64.3 cm³/mol. The zero-order valence-electron chi connectivity index (χ0n) is 10.4. The van der Waals surface area contributed by atoms with Crippen LogP contribution in [0, 0.1) is 6.92 Å². The van der Waals surface area contributed by atoms with E-state index in [9.17, 15) is 4.79 Å². The summed E-state index contributed by atoms with van der Waals surface area (Å²) in [6, 6.07) is -0.530. The molecule has 0 aliphatic carbocycles. The molecule has 1 aromatic heterocycles. The summed E-state index contributed by atoms with van der Waals surface area (Å²) in [6.45, 7) is 3.19. The molecule has 0 amide bonds. The standard InChI is InChI=1S/C11H17N3O4/c1-3-18-10(17)9-4-12-11(13-7(9)2)14-8(5-15)6-16/h4,8,15-16H,3,5-6H2,1-2H3,(H,12,13,14). The number of carbonyl (C=O) groups excluding carboxylic acids is 1. The molecule has 1 rings (SSSR count). The van der Waals surface area contributed by atoms with E-state index < -0.39 is 12.0 Å². The average molecular weight is 255 g/mol. The Hall–Kier alpha value is -1.73. The molecule has 7 heteroatoms. The van der Waals surface area contributed by atoms with E-state index in [2.05, 4.69) is 15.3 Å². The van der Waals surface area contributed by atoms with E-state index in [-0.39, 0.29) is 25.8 Å². The molecule has 1 heterocycles. The molecule has 100 valence electrons. The normalized spacial score (nSPS) is 10.5. The molecule has 18 heavy (non-hydrogen) atoms. The van der Waals surface area contributed by atoms with Crippen molar-refractivity contribution in [3.8, 4) is 0 Å². The number of nitrogens with one attached hydrogen (secondary N) is 1. The third kappa shape index (κ3) is 3.64. The zero-order valence-corrected chi connectivity index (χ0v) is 10.4. The van der Waals surface area contributed by atoms with E-state index in [0.29, 0.717) is 11.3 Å². The van der Waals surface area contributed by atoms with Crippen molar-refractivity contribution in [3.63, 3.8) is 0 Å². The second kappa shape index (κ2) is 6.87. The molecule has 0 saturated carbocycles. The number of aromatic nitrogens is 2. The number of aliphatic hydroxyl groups excluding tert-OH is 2. The van der Waals surface area contributed by atoms with Crippen molar-refractivity contribution in [2.75, 3.05) is 25.1 Å². The van der Waals surface area contributed by atoms with Gasteiger partial charge in [-0.15, -0.1) is 0 Å². The molecule has 0 bridgehead atoms. The Kier molecular flexibility index (Phi) is 5.47. The van der Waals surface area contributed by atoms with Gasteiger partial charge in [-0.3, -0.25) is 0 Å². The highest BCUT2D eigenvalue weighted by Gasteiger charge is 2.14. The predicted octanol–water partition coefficient (Wildman–Crippen LogP) is -0.273. The molecule has 3 N–H and O–H groups in total. The second-order valence-corrected chi connectivity index (χ2v) is 3.62. The number of hydrogen-bond acceptors (Lipinski definition) is 7. The van der Waals surface area contributed by atoms with Crippen LogP contribution in [0.3, 0.4) is 0 Å². The van der Waals surface area contributed by atoms with Crippen molar-refractivity contribution >= 4 is 11.9 Å². The lowest BCUT2D eigenvalue weighted by atomic mass is 10.2. The third-order valence-electron chi connectivity index (χ3n) is 2.25. The molecule has 0 aliphatic rings. The molecule has 0 saturated heterocycles. The summed E-state index contributed by atoms with van der Waals surface area (Å²) in [5.74, 6) is -0.226. The zero-order chi connectivity index (χ0) is 13.5. The number of rotatable bonds is 6. The lowest BCUT2D eigenvalue weighted by molar-refractivity contribution is 0.0524. The lowest BCUT2D eigenvalue weighted by Crippen LogP contribution is -2.29. The maximum Gasteiger partial charge on any atom is 0.341 e. The number of ether oxygens (including phenoxy) is 1. The van der Waals surface area contributed by atoms with Gasteiger partial charge in [-0.25, -0.2) is 14.8 Å². The molecule has 0 spiro atoms. The van der Waals surface area contributed by atoms with Gasteiger partial charge in [-0.1, -0.05) is 0 Å². The largest absolute Gasteiger partial charge is 0.462 e. The SMILES string of the molecule is CCOC(=O)c1cnc(NC(CO)CO)nc1C. The van der Waals surface area contributed by atoms with E-state index in [0.717, 1.165) is 0 Å². The average Bonchev–Trinajstić information content (AvgIpc) is 2.36. The highest BCUT2D eigenvalue weighted by Crippen LogP contribution is 2.09. The van der Waals surface area contributed by atoms with Crippen LogP contribution >= 0.6 is 0 Å². The molecule has 0 atom stereocenters. The van der Waals surface area contributed by atoms with Crippen LogP contribution in [0.15, 0.2) is 6.20 Å². The smallest absolute Gasteiger partial charge is 0.341 e. The summed E-state index contributed by atoms with van der Waals surface area (Å²) in [5, 5.41) is 20.6. The summed E-state index contributed by atoms with van der Waals surface area (Å²) < 4.78 is 4.85. The van der Waals surface area contributed by atoms with Crippen LogP contribution in [0.25, 0.3) is 0 Å². The van der Waals surface area contributed by atoms with Crippen LogP contribution in [0.1, 0.15) is 23.0 Å². The molecule has 7 nitrogen and oxygen atoms in total. The summed E-state index contributed by atoms with van der Waals surface area (Å²) >= 11 is 0. The molecule has 0 unspecified atom stereocenters. The quantitative estimate of drug-likeness (QED) is 0.601. The van der Waals surface area contributed by atoms with Gasteiger partial charge < -0.3 is 20.3 Å². The number of esters is 1. The van der Waals surface area contributed by atoms with Gasteiger partial charge in [0.15, 0.2) is 0 Å². The van der Waals surface area contributed by atoms with Gasteiger partial charge in [0.25, 0.3) is 0 Å². The Bertz CT molecular complexity index is 407. The van der Waals surface area contributed by atoms with Gasteiger partial charge >= 0.3 is 5.97 Å². The second-order valence-electron chi connectivity index (χ2n) is 3.62. The summed E-state index contributed by atoms with van der Waals surface area (Å²) in [5.41, 5.74) is 0.771. The molecular weight excluding hydrogens is 238 g/mol. The Labute approximate surface area is 105 Å². The number of carbonyl (C=O) groups is 1. The maximum atomic E-state index is 11.5. The van der Waals surface area contributed by atoms with Gasteiger partial charge in [-0.05, 0) is 13.8 Å². The topological polar surface area (TPSA) is 105 Å². The Balaban J connectivity index is 2.82. The van der Waals surface area contributed by atoms with E-state index in [4.69, 9.17) is 14.9 Å². The first kappa shape index (κ1) is 14.3. The van der Waals surface area contributed by atoms with Crippen molar-refractivity contribution in [2.24, 2.45) is 0 Å². The molecule has 0 aromatic carbocycles. The number of nitrogens with zero attached hydrogens (tertiary/aromatic N) is 2. The van der Waals surface area contributed by atoms with Crippen LogP contribution in [0.4, 0.5) is 5.95 Å². The third-order valence-corrected chi connectivity index (χ3v) is 2.25. The Morgan fingerprint density at radius 3 is 2.67 bits per heavy atom. The van der Waals surface area contributed by atoms with Crippen LogP contribution in [0.2, 0.25) is 0 Å². The number of aliphatic hydroxyl groups is 2. The minimum atomic E-state index is -0.530. The van der Waals surface area contributed by atoms with Crippen LogP contribution < -0.4 is 5.32 Å². The van der Waals surface area contributed by atoms with E-state index in [1.165, 1.54) is 6.20 Å². The van der Waals surface area contributed by atoms with E-state index >= 15 is 0 Å². The number of hydrogen-bond donors (Lipinski definition) is 3. The highest BCUT2D eigenvalue weighted by molar-refractivity contribution is 5.90. The summed E-state index contributed by atoms with van der Waals surface area (Å²) in [7, 11) is 0. The van der Waals surface area contributed by atoms with Crippen molar-refractivity contribution in [3.05, 3.63) is 17.5 Å². The summed E-state index contributed by atoms with van der Waals surface area (Å²) in [6.07, 6.45) is 1.36.